The van der Waals surface area contributed by atoms with Crippen molar-refractivity contribution in [2.24, 2.45) is 5.73 Å². The first kappa shape index (κ1) is 10.4. The van der Waals surface area contributed by atoms with Gasteiger partial charge in [-0.3, -0.25) is 0 Å². The Balaban J connectivity index is 3.00. The Hall–Kier alpha value is -1.66. The van der Waals surface area contributed by atoms with Crippen LogP contribution in [0.15, 0.2) is 12.1 Å². The molecule has 78 valence electrons. The van der Waals surface area contributed by atoms with Crippen LogP contribution in [0.3, 0.4) is 0 Å². The van der Waals surface area contributed by atoms with Crippen LogP contribution in [-0.2, 0) is 0 Å². The Bertz CT molecular complexity index is 328. The number of aliphatic hydroxyl groups excluding tert-OH is 1. The molecule has 0 saturated heterocycles. The zero-order valence-corrected chi connectivity index (χ0v) is 7.70. The molecular formula is C8H15N5O. The molecule has 14 heavy (non-hydrogen) atoms. The number of rotatable bonds is 3. The van der Waals surface area contributed by atoms with E-state index >= 15 is 0 Å². The third kappa shape index (κ3) is 1.98. The van der Waals surface area contributed by atoms with Crippen molar-refractivity contribution in [1.82, 2.24) is 0 Å². The lowest BCUT2D eigenvalue weighted by molar-refractivity contribution is 0.212. The van der Waals surface area contributed by atoms with E-state index in [0.717, 1.165) is 0 Å². The monoisotopic (exact) mass is 197 g/mol. The Morgan fingerprint density at radius 1 is 1.21 bits per heavy atom. The minimum atomic E-state index is -0.888. The number of benzene rings is 1. The lowest BCUT2D eigenvalue weighted by atomic mass is 10.2. The van der Waals surface area contributed by atoms with Gasteiger partial charge in [0.1, 0.15) is 6.23 Å². The van der Waals surface area contributed by atoms with Gasteiger partial charge in [-0.2, -0.15) is 0 Å². The van der Waals surface area contributed by atoms with E-state index in [1.807, 2.05) is 0 Å². The van der Waals surface area contributed by atoms with Crippen LogP contribution in [0, 0.1) is 0 Å². The van der Waals surface area contributed by atoms with E-state index < -0.39 is 6.23 Å². The van der Waals surface area contributed by atoms with Gasteiger partial charge in [0.15, 0.2) is 0 Å². The summed E-state index contributed by atoms with van der Waals surface area (Å²) >= 11 is 0. The van der Waals surface area contributed by atoms with Gasteiger partial charge < -0.3 is 33.4 Å². The van der Waals surface area contributed by atoms with Crippen LogP contribution in [0.2, 0.25) is 0 Å². The molecular weight excluding hydrogens is 182 g/mol. The van der Waals surface area contributed by atoms with E-state index in [1.54, 1.807) is 12.1 Å². The summed E-state index contributed by atoms with van der Waals surface area (Å²) in [4.78, 5) is 0. The van der Waals surface area contributed by atoms with Gasteiger partial charge in [0.05, 0.1) is 22.7 Å². The maximum atomic E-state index is 9.26. The van der Waals surface area contributed by atoms with Crippen molar-refractivity contribution in [3.8, 4) is 0 Å². The fourth-order valence-electron chi connectivity index (χ4n) is 1.04. The molecule has 0 fully saturated rings. The third-order valence-corrected chi connectivity index (χ3v) is 1.85. The van der Waals surface area contributed by atoms with Crippen LogP contribution in [0.4, 0.5) is 22.7 Å². The molecule has 6 heteroatoms. The zero-order valence-electron chi connectivity index (χ0n) is 7.70. The van der Waals surface area contributed by atoms with E-state index in [0.29, 0.717) is 22.7 Å². The van der Waals surface area contributed by atoms with Crippen molar-refractivity contribution < 1.29 is 5.11 Å². The molecule has 0 aliphatic heterocycles. The number of nitrogens with one attached hydrogen (secondary N) is 1. The van der Waals surface area contributed by atoms with Crippen molar-refractivity contribution in [2.45, 2.75) is 6.23 Å². The molecule has 1 unspecified atom stereocenters. The van der Waals surface area contributed by atoms with E-state index in [4.69, 9.17) is 22.9 Å². The number of nitrogen functional groups attached to an aromatic ring is 3. The average molecular weight is 197 g/mol. The highest BCUT2D eigenvalue weighted by Gasteiger charge is 2.09. The summed E-state index contributed by atoms with van der Waals surface area (Å²) in [5.41, 5.74) is 23.7. The highest BCUT2D eigenvalue weighted by atomic mass is 16.3. The van der Waals surface area contributed by atoms with Crippen LogP contribution >= 0.6 is 0 Å². The van der Waals surface area contributed by atoms with Gasteiger partial charge >= 0.3 is 0 Å². The van der Waals surface area contributed by atoms with Gasteiger partial charge in [0, 0.05) is 6.54 Å². The van der Waals surface area contributed by atoms with Crippen LogP contribution in [0.25, 0.3) is 0 Å². The number of aliphatic hydroxyl groups is 1. The highest BCUT2D eigenvalue weighted by molar-refractivity contribution is 5.87. The molecule has 0 bridgehead atoms. The molecule has 0 aliphatic carbocycles. The summed E-state index contributed by atoms with van der Waals surface area (Å²) in [6.45, 7) is 0.0632. The number of hydrogen-bond donors (Lipinski definition) is 6. The van der Waals surface area contributed by atoms with E-state index in [9.17, 15) is 5.11 Å². The van der Waals surface area contributed by atoms with Gasteiger partial charge in [0.25, 0.3) is 0 Å². The largest absolute Gasteiger partial charge is 0.397 e. The first-order chi connectivity index (χ1) is 6.56. The van der Waals surface area contributed by atoms with Crippen molar-refractivity contribution >= 4 is 22.7 Å². The van der Waals surface area contributed by atoms with Gasteiger partial charge in [-0.25, -0.2) is 0 Å². The second-order valence-electron chi connectivity index (χ2n) is 2.93. The Labute approximate surface area is 81.9 Å². The lowest BCUT2D eigenvalue weighted by Gasteiger charge is -2.16. The van der Waals surface area contributed by atoms with Gasteiger partial charge in [-0.05, 0) is 12.1 Å². The second kappa shape index (κ2) is 4.03. The topological polar surface area (TPSA) is 136 Å². The number of nitrogens with two attached hydrogens (primary N) is 4. The average Bonchev–Trinajstić information content (AvgIpc) is 2.18. The van der Waals surface area contributed by atoms with Crippen molar-refractivity contribution in [3.05, 3.63) is 12.1 Å². The van der Waals surface area contributed by atoms with Crippen molar-refractivity contribution in [3.63, 3.8) is 0 Å². The minimum Gasteiger partial charge on any atom is -0.397 e. The molecule has 0 saturated carbocycles. The van der Waals surface area contributed by atoms with E-state index in [-0.39, 0.29) is 6.54 Å². The summed E-state index contributed by atoms with van der Waals surface area (Å²) in [6, 6.07) is 3.21. The van der Waals surface area contributed by atoms with E-state index in [2.05, 4.69) is 5.32 Å². The molecule has 0 aromatic heterocycles. The number of hydrogen-bond acceptors (Lipinski definition) is 6. The molecule has 0 heterocycles. The quantitative estimate of drug-likeness (QED) is 0.275. The van der Waals surface area contributed by atoms with Gasteiger partial charge in [0.2, 0.25) is 0 Å². The van der Waals surface area contributed by atoms with Crippen LogP contribution in [-0.4, -0.2) is 17.9 Å². The maximum Gasteiger partial charge on any atom is 0.136 e. The second-order valence-corrected chi connectivity index (χ2v) is 2.93. The summed E-state index contributed by atoms with van der Waals surface area (Å²) in [6.07, 6.45) is -0.888. The molecule has 1 aromatic rings. The van der Waals surface area contributed by atoms with Crippen LogP contribution in [0.5, 0.6) is 0 Å². The lowest BCUT2D eigenvalue weighted by Crippen LogP contribution is -2.29. The summed E-state index contributed by atoms with van der Waals surface area (Å²) < 4.78 is 0. The van der Waals surface area contributed by atoms with Gasteiger partial charge in [-0.15, -0.1) is 0 Å². The SMILES string of the molecule is NCC(O)Nc1c(N)ccc(N)c1N. The molecule has 0 spiro atoms. The zero-order chi connectivity index (χ0) is 10.7. The third-order valence-electron chi connectivity index (χ3n) is 1.85. The fraction of sp³-hybridized carbons (Fsp3) is 0.250. The fourth-order valence-corrected chi connectivity index (χ4v) is 1.04. The molecule has 1 aromatic carbocycles. The Morgan fingerprint density at radius 2 is 1.79 bits per heavy atom. The minimum absolute atomic E-state index is 0.0632. The molecule has 6 nitrogen and oxygen atoms in total. The van der Waals surface area contributed by atoms with Gasteiger partial charge in [-0.1, -0.05) is 0 Å². The van der Waals surface area contributed by atoms with Crippen molar-refractivity contribution in [1.29, 1.82) is 0 Å². The van der Waals surface area contributed by atoms with Crippen LogP contribution < -0.4 is 28.3 Å². The smallest absolute Gasteiger partial charge is 0.136 e. The van der Waals surface area contributed by atoms with Crippen molar-refractivity contribution in [2.75, 3.05) is 29.1 Å². The molecule has 1 rings (SSSR count). The maximum absolute atomic E-state index is 9.26. The Kier molecular flexibility index (Phi) is 3.00. The standard InChI is InChI=1S/C8H15N5O/c9-3-6(14)13-8-5(11)2-1-4(10)7(8)12/h1-2,6,13-14H,3,9-12H2. The molecule has 1 atom stereocenters. The number of anilines is 4. The summed E-state index contributed by atoms with van der Waals surface area (Å²) in [7, 11) is 0. The Morgan fingerprint density at radius 3 is 2.36 bits per heavy atom. The molecule has 0 radical (unpaired) electrons. The predicted molar refractivity (Wildman–Crippen MR) is 58.4 cm³/mol. The predicted octanol–water partition coefficient (Wildman–Crippen LogP) is -0.878. The molecule has 10 N–H and O–H groups in total. The molecule has 0 amide bonds. The first-order valence-corrected chi connectivity index (χ1v) is 4.14. The normalized spacial score (nSPS) is 12.4. The highest BCUT2D eigenvalue weighted by Crippen LogP contribution is 2.31. The summed E-state index contributed by atoms with van der Waals surface area (Å²) in [5, 5.41) is 11.9. The summed E-state index contributed by atoms with van der Waals surface area (Å²) in [5.74, 6) is 0. The van der Waals surface area contributed by atoms with Crippen LogP contribution in [0.1, 0.15) is 0 Å². The first-order valence-electron chi connectivity index (χ1n) is 4.14. The molecule has 0 aliphatic rings. The van der Waals surface area contributed by atoms with E-state index in [1.165, 1.54) is 0 Å².